The van der Waals surface area contributed by atoms with Gasteiger partial charge in [-0.1, -0.05) is 30.0 Å². The van der Waals surface area contributed by atoms with Crippen molar-refractivity contribution in [1.82, 2.24) is 0 Å². The van der Waals surface area contributed by atoms with Gasteiger partial charge in [-0.15, -0.1) is 0 Å². The molecule has 0 aliphatic carbocycles. The second-order valence-electron chi connectivity index (χ2n) is 5.47. The highest BCUT2D eigenvalue weighted by atomic mass is 32.2. The Morgan fingerprint density at radius 1 is 1.27 bits per heavy atom. The molecule has 3 rings (SSSR count). The lowest BCUT2D eigenvalue weighted by atomic mass is 10.1. The number of thiocarbonyl (C=S) groups is 1. The summed E-state index contributed by atoms with van der Waals surface area (Å²) < 4.78 is 44.1. The van der Waals surface area contributed by atoms with E-state index in [2.05, 4.69) is 0 Å². The fourth-order valence-electron chi connectivity index (χ4n) is 2.36. The Balaban J connectivity index is 1.89. The SMILES string of the molecule is CC(=C\c1ccco1)/C=C1/SC(=S)N(c2cccc(C(F)(F)F)c2)C1=O. The first-order valence-corrected chi connectivity index (χ1v) is 8.65. The molecule has 2 aromatic rings. The number of carbonyl (C=O) groups excluding carboxylic acids is 1. The largest absolute Gasteiger partial charge is 0.465 e. The van der Waals surface area contributed by atoms with Crippen molar-refractivity contribution in [2.45, 2.75) is 13.1 Å². The van der Waals surface area contributed by atoms with Gasteiger partial charge in [-0.25, -0.2) is 0 Å². The number of hydrogen-bond donors (Lipinski definition) is 0. The minimum Gasteiger partial charge on any atom is -0.465 e. The summed E-state index contributed by atoms with van der Waals surface area (Å²) in [4.78, 5) is 14.1. The monoisotopic (exact) mass is 395 g/mol. The lowest BCUT2D eigenvalue weighted by Crippen LogP contribution is -2.27. The number of halogens is 3. The Labute approximate surface area is 157 Å². The number of allylic oxidation sites excluding steroid dienone is 2. The molecule has 1 aliphatic rings. The lowest BCUT2D eigenvalue weighted by molar-refractivity contribution is -0.137. The quantitative estimate of drug-likeness (QED) is 0.497. The molecule has 1 aromatic heterocycles. The van der Waals surface area contributed by atoms with Gasteiger partial charge in [-0.05, 0) is 55.0 Å². The van der Waals surface area contributed by atoms with E-state index in [9.17, 15) is 18.0 Å². The van der Waals surface area contributed by atoms with Crippen molar-refractivity contribution in [3.63, 3.8) is 0 Å². The number of alkyl halides is 3. The zero-order chi connectivity index (χ0) is 18.9. The van der Waals surface area contributed by atoms with Crippen molar-refractivity contribution >= 4 is 46.0 Å². The van der Waals surface area contributed by atoms with Gasteiger partial charge in [-0.3, -0.25) is 9.69 Å². The van der Waals surface area contributed by atoms with Gasteiger partial charge in [0.25, 0.3) is 5.91 Å². The maximum absolute atomic E-state index is 12.9. The number of benzene rings is 1. The van der Waals surface area contributed by atoms with E-state index in [0.29, 0.717) is 10.7 Å². The highest BCUT2D eigenvalue weighted by molar-refractivity contribution is 8.27. The molecule has 0 atom stereocenters. The van der Waals surface area contributed by atoms with Crippen molar-refractivity contribution in [3.8, 4) is 0 Å². The first kappa shape index (κ1) is 18.5. The summed E-state index contributed by atoms with van der Waals surface area (Å²) in [7, 11) is 0. The molecular weight excluding hydrogens is 383 g/mol. The summed E-state index contributed by atoms with van der Waals surface area (Å²) in [5.41, 5.74) is 0.0183. The summed E-state index contributed by atoms with van der Waals surface area (Å²) in [5, 5.41) is 0. The highest BCUT2D eigenvalue weighted by Crippen LogP contribution is 2.38. The Morgan fingerprint density at radius 3 is 2.69 bits per heavy atom. The number of amides is 1. The molecule has 0 saturated carbocycles. The van der Waals surface area contributed by atoms with E-state index < -0.39 is 17.6 Å². The predicted octanol–water partition coefficient (Wildman–Crippen LogP) is 5.65. The normalized spacial score (nSPS) is 17.5. The van der Waals surface area contributed by atoms with Gasteiger partial charge in [0.15, 0.2) is 4.32 Å². The van der Waals surface area contributed by atoms with E-state index in [1.54, 1.807) is 31.2 Å². The zero-order valence-electron chi connectivity index (χ0n) is 13.4. The molecule has 1 aliphatic heterocycles. The maximum atomic E-state index is 12.9. The van der Waals surface area contributed by atoms with Crippen LogP contribution in [0.3, 0.4) is 0 Å². The van der Waals surface area contributed by atoms with Gasteiger partial charge in [0.05, 0.1) is 22.4 Å². The number of carbonyl (C=O) groups is 1. The van der Waals surface area contributed by atoms with E-state index >= 15 is 0 Å². The second-order valence-corrected chi connectivity index (χ2v) is 7.14. The van der Waals surface area contributed by atoms with Gasteiger partial charge in [0.1, 0.15) is 5.76 Å². The minimum absolute atomic E-state index is 0.0957. The highest BCUT2D eigenvalue weighted by Gasteiger charge is 2.36. The predicted molar refractivity (Wildman–Crippen MR) is 99.6 cm³/mol. The van der Waals surface area contributed by atoms with Gasteiger partial charge >= 0.3 is 6.18 Å². The molecule has 3 nitrogen and oxygen atoms in total. The van der Waals surface area contributed by atoms with Crippen molar-refractivity contribution in [3.05, 3.63) is 70.5 Å². The van der Waals surface area contributed by atoms with Crippen LogP contribution in [-0.4, -0.2) is 10.2 Å². The van der Waals surface area contributed by atoms with E-state index in [1.165, 1.54) is 18.4 Å². The van der Waals surface area contributed by atoms with E-state index in [-0.39, 0.29) is 10.0 Å². The molecule has 0 bridgehead atoms. The van der Waals surface area contributed by atoms with Crippen LogP contribution in [0.1, 0.15) is 18.2 Å². The van der Waals surface area contributed by atoms with Gasteiger partial charge < -0.3 is 4.42 Å². The van der Waals surface area contributed by atoms with E-state index in [1.807, 2.05) is 0 Å². The standard InChI is InChI=1S/C18H12F3NO2S2/c1-11(8-14-6-3-7-24-14)9-15-16(23)22(17(25)26-15)13-5-2-4-12(10-13)18(19,20)21/h2-10H,1H3/b11-8+,15-9+. The average molecular weight is 395 g/mol. The Bertz CT molecular complexity index is 915. The number of hydrogen-bond acceptors (Lipinski definition) is 4. The molecule has 1 amide bonds. The molecule has 134 valence electrons. The molecule has 1 aromatic carbocycles. The van der Waals surface area contributed by atoms with Crippen LogP contribution in [-0.2, 0) is 11.0 Å². The van der Waals surface area contributed by atoms with E-state index in [4.69, 9.17) is 16.6 Å². The van der Waals surface area contributed by atoms with Crippen LogP contribution < -0.4 is 4.90 Å². The van der Waals surface area contributed by atoms with Crippen LogP contribution in [0.5, 0.6) is 0 Å². The molecule has 1 fully saturated rings. The van der Waals surface area contributed by atoms with Crippen LogP contribution in [0.2, 0.25) is 0 Å². The van der Waals surface area contributed by atoms with Crippen LogP contribution in [0.4, 0.5) is 18.9 Å². The minimum atomic E-state index is -4.49. The fourth-order valence-corrected chi connectivity index (χ4v) is 3.71. The topological polar surface area (TPSA) is 33.5 Å². The summed E-state index contributed by atoms with van der Waals surface area (Å²) in [5.74, 6) is 0.179. The smallest absolute Gasteiger partial charge is 0.416 e. The molecule has 8 heteroatoms. The van der Waals surface area contributed by atoms with Crippen LogP contribution >= 0.6 is 24.0 Å². The Kier molecular flexibility index (Phi) is 5.06. The molecule has 0 radical (unpaired) electrons. The maximum Gasteiger partial charge on any atom is 0.416 e. The summed E-state index contributed by atoms with van der Waals surface area (Å²) in [6.07, 6.45) is 0.424. The van der Waals surface area contributed by atoms with Crippen molar-refractivity contribution in [2.24, 2.45) is 0 Å². The molecule has 1 saturated heterocycles. The molecule has 26 heavy (non-hydrogen) atoms. The second kappa shape index (κ2) is 7.13. The summed E-state index contributed by atoms with van der Waals surface area (Å²) >= 11 is 6.24. The van der Waals surface area contributed by atoms with Crippen molar-refractivity contribution in [2.75, 3.05) is 4.90 Å². The van der Waals surface area contributed by atoms with Gasteiger partial charge in [0.2, 0.25) is 0 Å². The lowest BCUT2D eigenvalue weighted by Gasteiger charge is -2.16. The van der Waals surface area contributed by atoms with Crippen LogP contribution in [0.15, 0.2) is 63.6 Å². The molecule has 0 N–H and O–H groups in total. The van der Waals surface area contributed by atoms with Gasteiger partial charge in [-0.2, -0.15) is 13.2 Å². The van der Waals surface area contributed by atoms with Crippen LogP contribution in [0.25, 0.3) is 6.08 Å². The number of anilines is 1. The molecular formula is C18H12F3NO2S2. The van der Waals surface area contributed by atoms with Gasteiger partial charge in [0, 0.05) is 0 Å². The first-order chi connectivity index (χ1) is 12.3. The average Bonchev–Trinajstić information content (AvgIpc) is 3.15. The van der Waals surface area contributed by atoms with Crippen LogP contribution in [0, 0.1) is 0 Å². The first-order valence-electron chi connectivity index (χ1n) is 7.43. The third kappa shape index (κ3) is 3.91. The number of rotatable bonds is 3. The third-order valence-corrected chi connectivity index (χ3v) is 4.80. The summed E-state index contributed by atoms with van der Waals surface area (Å²) in [6.45, 7) is 1.79. The van der Waals surface area contributed by atoms with E-state index in [0.717, 1.165) is 34.4 Å². The number of furan rings is 1. The number of thioether (sulfide) groups is 1. The summed E-state index contributed by atoms with van der Waals surface area (Å²) in [6, 6.07) is 8.06. The van der Waals surface area contributed by atoms with Crippen molar-refractivity contribution < 1.29 is 22.4 Å². The Morgan fingerprint density at radius 2 is 2.04 bits per heavy atom. The molecule has 0 spiro atoms. The zero-order valence-corrected chi connectivity index (χ0v) is 15.0. The van der Waals surface area contributed by atoms with Crippen molar-refractivity contribution in [1.29, 1.82) is 0 Å². The molecule has 0 unspecified atom stereocenters. The third-order valence-electron chi connectivity index (χ3n) is 3.50. The fraction of sp³-hybridized carbons (Fsp3) is 0.111. The number of nitrogens with zero attached hydrogens (tertiary/aromatic N) is 1. The molecule has 2 heterocycles. The Hall–Kier alpha value is -2.32.